The summed E-state index contributed by atoms with van der Waals surface area (Å²) in [6.45, 7) is -0.115. The lowest BCUT2D eigenvalue weighted by Crippen LogP contribution is -2.02. The fraction of sp³-hybridized carbons (Fsp3) is 0.133. The molecule has 0 radical (unpaired) electrons. The monoisotopic (exact) mass is 309 g/mol. The largest absolute Gasteiger partial charge is 0.489 e. The van der Waals surface area contributed by atoms with Gasteiger partial charge in [-0.15, -0.1) is 0 Å². The zero-order valence-corrected chi connectivity index (χ0v) is 11.1. The predicted molar refractivity (Wildman–Crippen MR) is 70.9 cm³/mol. The molecule has 1 N–H and O–H groups in total. The van der Waals surface area contributed by atoms with E-state index < -0.39 is 17.5 Å². The molecule has 0 saturated heterocycles. The lowest BCUT2D eigenvalue weighted by Gasteiger charge is -2.09. The number of benzene rings is 2. The molecule has 0 unspecified atom stereocenters. The number of oxime groups is 1. The third-order valence-corrected chi connectivity index (χ3v) is 3.26. The van der Waals surface area contributed by atoms with Gasteiger partial charge in [-0.25, -0.2) is 13.2 Å². The van der Waals surface area contributed by atoms with Crippen LogP contribution in [0.1, 0.15) is 11.1 Å². The van der Waals surface area contributed by atoms with E-state index in [2.05, 4.69) is 5.16 Å². The van der Waals surface area contributed by atoms with E-state index in [1.165, 1.54) is 0 Å². The molecule has 7 heteroatoms. The highest BCUT2D eigenvalue weighted by Crippen LogP contribution is 2.30. The first kappa shape index (κ1) is 14.2. The first-order valence-electron chi connectivity index (χ1n) is 6.33. The van der Waals surface area contributed by atoms with Crippen molar-refractivity contribution in [3.05, 3.63) is 58.9 Å². The smallest absolute Gasteiger partial charge is 0.194 e. The van der Waals surface area contributed by atoms with E-state index in [1.54, 1.807) is 18.2 Å². The number of rotatable bonds is 3. The number of ether oxygens (including phenoxy) is 2. The molecule has 2 aromatic carbocycles. The molecule has 1 aliphatic rings. The number of hydrogen-bond donors (Lipinski definition) is 1. The van der Waals surface area contributed by atoms with Gasteiger partial charge in [0.1, 0.15) is 30.4 Å². The van der Waals surface area contributed by atoms with E-state index >= 15 is 0 Å². The van der Waals surface area contributed by atoms with Gasteiger partial charge in [-0.05, 0) is 24.3 Å². The normalized spacial score (nSPS) is 14.8. The van der Waals surface area contributed by atoms with Crippen LogP contribution in [0.5, 0.6) is 11.5 Å². The van der Waals surface area contributed by atoms with Crippen LogP contribution in [-0.4, -0.2) is 17.5 Å². The lowest BCUT2D eigenvalue weighted by atomic mass is 10.1. The SMILES string of the molecule is O/N=C1\COc2cc(OCc3ccc(F)c(F)c3F)ccc21. The third-order valence-electron chi connectivity index (χ3n) is 3.26. The van der Waals surface area contributed by atoms with Crippen molar-refractivity contribution in [1.29, 1.82) is 0 Å². The molecule has 0 spiro atoms. The van der Waals surface area contributed by atoms with Crippen LogP contribution in [0.25, 0.3) is 0 Å². The number of fused-ring (bicyclic) bond motifs is 1. The minimum atomic E-state index is -1.53. The molecule has 3 rings (SSSR count). The second-order valence-corrected chi connectivity index (χ2v) is 4.62. The average Bonchev–Trinajstić information content (AvgIpc) is 2.94. The van der Waals surface area contributed by atoms with Crippen LogP contribution in [0.15, 0.2) is 35.5 Å². The van der Waals surface area contributed by atoms with Gasteiger partial charge in [-0.1, -0.05) is 5.16 Å². The van der Waals surface area contributed by atoms with E-state index in [1.807, 2.05) is 0 Å². The van der Waals surface area contributed by atoms with E-state index in [0.29, 0.717) is 22.8 Å². The van der Waals surface area contributed by atoms with Crippen LogP contribution in [0.2, 0.25) is 0 Å². The Morgan fingerprint density at radius 2 is 1.95 bits per heavy atom. The highest BCUT2D eigenvalue weighted by molar-refractivity contribution is 6.06. The zero-order valence-electron chi connectivity index (χ0n) is 11.1. The summed E-state index contributed by atoms with van der Waals surface area (Å²) in [6, 6.07) is 6.72. The quantitative estimate of drug-likeness (QED) is 0.538. The number of halogens is 3. The van der Waals surface area contributed by atoms with Crippen LogP contribution >= 0.6 is 0 Å². The Kier molecular flexibility index (Phi) is 3.62. The average molecular weight is 309 g/mol. The van der Waals surface area contributed by atoms with Gasteiger partial charge in [-0.3, -0.25) is 0 Å². The maximum atomic E-state index is 13.5. The van der Waals surface area contributed by atoms with Gasteiger partial charge >= 0.3 is 0 Å². The van der Waals surface area contributed by atoms with Gasteiger partial charge in [-0.2, -0.15) is 0 Å². The molecular weight excluding hydrogens is 299 g/mol. The van der Waals surface area contributed by atoms with Crippen LogP contribution in [-0.2, 0) is 6.61 Å². The Morgan fingerprint density at radius 3 is 2.73 bits per heavy atom. The lowest BCUT2D eigenvalue weighted by molar-refractivity contribution is 0.293. The minimum absolute atomic E-state index is 0.0991. The van der Waals surface area contributed by atoms with Gasteiger partial charge in [0, 0.05) is 17.2 Å². The Morgan fingerprint density at radius 1 is 1.14 bits per heavy atom. The molecule has 0 bridgehead atoms. The summed E-state index contributed by atoms with van der Waals surface area (Å²) in [6.07, 6.45) is 0. The summed E-state index contributed by atoms with van der Waals surface area (Å²) in [4.78, 5) is 0. The molecule has 22 heavy (non-hydrogen) atoms. The molecule has 0 amide bonds. The van der Waals surface area contributed by atoms with Crippen molar-refractivity contribution in [2.24, 2.45) is 5.16 Å². The van der Waals surface area contributed by atoms with Crippen LogP contribution in [0.3, 0.4) is 0 Å². The summed E-state index contributed by atoms with van der Waals surface area (Å²) in [5.74, 6) is -3.21. The summed E-state index contributed by atoms with van der Waals surface area (Å²) >= 11 is 0. The zero-order chi connectivity index (χ0) is 15.7. The maximum Gasteiger partial charge on any atom is 0.194 e. The molecule has 0 aliphatic carbocycles. The van der Waals surface area contributed by atoms with E-state index in [4.69, 9.17) is 14.7 Å². The van der Waals surface area contributed by atoms with Crippen molar-refractivity contribution in [2.45, 2.75) is 6.61 Å². The van der Waals surface area contributed by atoms with Crippen molar-refractivity contribution < 1.29 is 27.9 Å². The first-order chi connectivity index (χ1) is 10.6. The van der Waals surface area contributed by atoms with Gasteiger partial charge in [0.25, 0.3) is 0 Å². The molecule has 2 aromatic rings. The van der Waals surface area contributed by atoms with Crippen LogP contribution < -0.4 is 9.47 Å². The van der Waals surface area contributed by atoms with Crippen LogP contribution in [0, 0.1) is 17.5 Å². The second kappa shape index (κ2) is 5.59. The molecule has 0 aromatic heterocycles. The second-order valence-electron chi connectivity index (χ2n) is 4.62. The van der Waals surface area contributed by atoms with Crippen molar-refractivity contribution >= 4 is 5.71 Å². The Hall–Kier alpha value is -2.70. The standard InChI is InChI=1S/C15H10F3NO3/c16-11-4-1-8(14(17)15(11)18)6-21-9-2-3-10-12(19-20)7-22-13(10)5-9/h1-5,20H,6-7H2/b19-12+. The van der Waals surface area contributed by atoms with Crippen molar-refractivity contribution in [2.75, 3.05) is 6.61 Å². The molecule has 114 valence electrons. The van der Waals surface area contributed by atoms with Gasteiger partial charge in [0.2, 0.25) is 0 Å². The van der Waals surface area contributed by atoms with Gasteiger partial charge in [0.05, 0.1) is 0 Å². The molecule has 4 nitrogen and oxygen atoms in total. The summed E-state index contributed by atoms with van der Waals surface area (Å²) in [5, 5.41) is 11.9. The number of nitrogens with zero attached hydrogens (tertiary/aromatic N) is 1. The fourth-order valence-electron chi connectivity index (χ4n) is 2.10. The van der Waals surface area contributed by atoms with E-state index in [-0.39, 0.29) is 18.8 Å². The van der Waals surface area contributed by atoms with Gasteiger partial charge < -0.3 is 14.7 Å². The Labute approximate surface area is 123 Å². The summed E-state index contributed by atoms with van der Waals surface area (Å²) in [5.41, 5.74) is 0.931. The summed E-state index contributed by atoms with van der Waals surface area (Å²) < 4.78 is 50.1. The molecule has 0 fully saturated rings. The van der Waals surface area contributed by atoms with Crippen LogP contribution in [0.4, 0.5) is 13.2 Å². The topological polar surface area (TPSA) is 51.1 Å². The molecule has 0 atom stereocenters. The van der Waals surface area contributed by atoms with E-state index in [0.717, 1.165) is 12.1 Å². The summed E-state index contributed by atoms with van der Waals surface area (Å²) in [7, 11) is 0. The molecular formula is C15H10F3NO3. The van der Waals surface area contributed by atoms with Crippen molar-refractivity contribution in [3.8, 4) is 11.5 Å². The predicted octanol–water partition coefficient (Wildman–Crippen LogP) is 3.25. The molecule has 1 aliphatic heterocycles. The molecule has 1 heterocycles. The first-order valence-corrected chi connectivity index (χ1v) is 6.33. The Balaban J connectivity index is 1.77. The van der Waals surface area contributed by atoms with Gasteiger partial charge in [0.15, 0.2) is 17.5 Å². The third kappa shape index (κ3) is 2.45. The molecule has 0 saturated carbocycles. The highest BCUT2D eigenvalue weighted by atomic mass is 19.2. The number of hydrogen-bond acceptors (Lipinski definition) is 4. The maximum absolute atomic E-state index is 13.5. The van der Waals surface area contributed by atoms with Crippen molar-refractivity contribution in [1.82, 2.24) is 0 Å². The highest BCUT2D eigenvalue weighted by Gasteiger charge is 2.20. The Bertz CT molecular complexity index is 762. The van der Waals surface area contributed by atoms with Crippen molar-refractivity contribution in [3.63, 3.8) is 0 Å². The minimum Gasteiger partial charge on any atom is -0.489 e. The van der Waals surface area contributed by atoms with E-state index in [9.17, 15) is 13.2 Å². The fourth-order valence-corrected chi connectivity index (χ4v) is 2.10.